The van der Waals surface area contributed by atoms with Gasteiger partial charge in [0.2, 0.25) is 0 Å². The van der Waals surface area contributed by atoms with Crippen molar-refractivity contribution in [3.05, 3.63) is 57.8 Å². The number of anilines is 1. The van der Waals surface area contributed by atoms with Gasteiger partial charge in [-0.15, -0.1) is 0 Å². The molecule has 0 saturated carbocycles. The zero-order valence-corrected chi connectivity index (χ0v) is 11.8. The smallest absolute Gasteiger partial charge is 0.0561 e. The van der Waals surface area contributed by atoms with E-state index in [-0.39, 0.29) is 6.04 Å². The van der Waals surface area contributed by atoms with Crippen LogP contribution in [0.4, 0.5) is 5.69 Å². The van der Waals surface area contributed by atoms with Crippen molar-refractivity contribution in [3.8, 4) is 0 Å². The average molecular weight is 281 g/mol. The Labute approximate surface area is 117 Å². The molecule has 18 heavy (non-hydrogen) atoms. The molecule has 94 valence electrons. The van der Waals surface area contributed by atoms with E-state index in [4.69, 9.17) is 23.2 Å². The molecule has 0 bridgehead atoms. The molecule has 0 radical (unpaired) electrons. The van der Waals surface area contributed by atoms with Crippen LogP contribution in [0.25, 0.3) is 0 Å². The number of benzene rings is 1. The van der Waals surface area contributed by atoms with Gasteiger partial charge in [-0.1, -0.05) is 23.2 Å². The molecule has 1 N–H and O–H groups in total. The lowest BCUT2D eigenvalue weighted by Crippen LogP contribution is -2.08. The summed E-state index contributed by atoms with van der Waals surface area (Å²) in [6.07, 6.45) is 3.59. The summed E-state index contributed by atoms with van der Waals surface area (Å²) in [7, 11) is 0. The molecule has 0 saturated heterocycles. The Balaban J connectivity index is 2.25. The van der Waals surface area contributed by atoms with Crippen molar-refractivity contribution >= 4 is 28.9 Å². The Morgan fingerprint density at radius 2 is 2.00 bits per heavy atom. The summed E-state index contributed by atoms with van der Waals surface area (Å²) in [6.45, 7) is 4.08. The molecule has 1 heterocycles. The highest BCUT2D eigenvalue weighted by atomic mass is 35.5. The third kappa shape index (κ3) is 2.95. The van der Waals surface area contributed by atoms with E-state index in [2.05, 4.69) is 10.3 Å². The van der Waals surface area contributed by atoms with Crippen molar-refractivity contribution < 1.29 is 0 Å². The molecule has 1 unspecified atom stereocenters. The van der Waals surface area contributed by atoms with Gasteiger partial charge < -0.3 is 5.32 Å². The monoisotopic (exact) mass is 280 g/mol. The molecular weight excluding hydrogens is 267 g/mol. The van der Waals surface area contributed by atoms with Gasteiger partial charge in [0, 0.05) is 16.2 Å². The number of hydrogen-bond donors (Lipinski definition) is 1. The highest BCUT2D eigenvalue weighted by Gasteiger charge is 2.11. The molecule has 0 fully saturated rings. The van der Waals surface area contributed by atoms with Crippen LogP contribution in [0.5, 0.6) is 0 Å². The van der Waals surface area contributed by atoms with Gasteiger partial charge in [0.15, 0.2) is 0 Å². The topological polar surface area (TPSA) is 24.9 Å². The van der Waals surface area contributed by atoms with E-state index in [0.29, 0.717) is 10.0 Å². The van der Waals surface area contributed by atoms with Crippen LogP contribution in [-0.2, 0) is 0 Å². The molecular formula is C14H14Cl2N2. The Bertz CT molecular complexity index is 555. The predicted molar refractivity (Wildman–Crippen MR) is 77.5 cm³/mol. The highest BCUT2D eigenvalue weighted by Crippen LogP contribution is 2.29. The van der Waals surface area contributed by atoms with Crippen LogP contribution in [0.15, 0.2) is 36.7 Å². The number of pyridine rings is 1. The summed E-state index contributed by atoms with van der Waals surface area (Å²) in [5.74, 6) is 0. The molecule has 0 aliphatic carbocycles. The molecule has 2 aromatic rings. The maximum absolute atomic E-state index is 6.18. The van der Waals surface area contributed by atoms with Crippen LogP contribution in [0.2, 0.25) is 10.0 Å². The summed E-state index contributed by atoms with van der Waals surface area (Å²) >= 11 is 12.2. The molecule has 1 aromatic heterocycles. The van der Waals surface area contributed by atoms with Crippen LogP contribution in [0.1, 0.15) is 24.1 Å². The first kappa shape index (κ1) is 13.2. The standard InChI is InChI=1S/C14H14Cl2N2/c1-9-5-6-17-8-14(9)18-10(2)12-7-11(15)3-4-13(12)16/h3-8,10,18H,1-2H3. The summed E-state index contributed by atoms with van der Waals surface area (Å²) < 4.78 is 0. The van der Waals surface area contributed by atoms with Crippen molar-refractivity contribution in [2.45, 2.75) is 19.9 Å². The minimum atomic E-state index is 0.0686. The number of aryl methyl sites for hydroxylation is 1. The zero-order valence-electron chi connectivity index (χ0n) is 10.2. The number of halogens is 2. The summed E-state index contributed by atoms with van der Waals surface area (Å²) in [5, 5.41) is 4.78. The second kappa shape index (κ2) is 5.59. The lowest BCUT2D eigenvalue weighted by Gasteiger charge is -2.18. The molecule has 0 aliphatic rings. The molecule has 0 amide bonds. The fourth-order valence-corrected chi connectivity index (χ4v) is 2.23. The fourth-order valence-electron chi connectivity index (χ4n) is 1.77. The minimum Gasteiger partial charge on any atom is -0.377 e. The lowest BCUT2D eigenvalue weighted by molar-refractivity contribution is 0.881. The third-order valence-electron chi connectivity index (χ3n) is 2.84. The normalized spacial score (nSPS) is 12.2. The van der Waals surface area contributed by atoms with Gasteiger partial charge in [0.25, 0.3) is 0 Å². The third-order valence-corrected chi connectivity index (χ3v) is 3.41. The van der Waals surface area contributed by atoms with Gasteiger partial charge in [-0.05, 0) is 49.2 Å². The fraction of sp³-hybridized carbons (Fsp3) is 0.214. The van der Waals surface area contributed by atoms with Crippen LogP contribution < -0.4 is 5.32 Å². The SMILES string of the molecule is Cc1ccncc1NC(C)c1cc(Cl)ccc1Cl. The second-order valence-electron chi connectivity index (χ2n) is 4.22. The second-order valence-corrected chi connectivity index (χ2v) is 5.07. The summed E-state index contributed by atoms with van der Waals surface area (Å²) in [5.41, 5.74) is 3.13. The zero-order chi connectivity index (χ0) is 13.1. The largest absolute Gasteiger partial charge is 0.377 e. The van der Waals surface area contributed by atoms with Gasteiger partial charge in [-0.25, -0.2) is 0 Å². The van der Waals surface area contributed by atoms with Gasteiger partial charge in [-0.3, -0.25) is 4.98 Å². The van der Waals surface area contributed by atoms with Crippen LogP contribution in [-0.4, -0.2) is 4.98 Å². The van der Waals surface area contributed by atoms with E-state index in [1.807, 2.05) is 38.2 Å². The first-order valence-electron chi connectivity index (χ1n) is 5.70. The number of hydrogen-bond acceptors (Lipinski definition) is 2. The quantitative estimate of drug-likeness (QED) is 0.868. The molecule has 1 atom stereocenters. The number of aromatic nitrogens is 1. The van der Waals surface area contributed by atoms with Crippen molar-refractivity contribution in [2.24, 2.45) is 0 Å². The summed E-state index contributed by atoms with van der Waals surface area (Å²) in [4.78, 5) is 4.11. The maximum atomic E-state index is 6.18. The Kier molecular flexibility index (Phi) is 4.10. The minimum absolute atomic E-state index is 0.0686. The summed E-state index contributed by atoms with van der Waals surface area (Å²) in [6, 6.07) is 7.52. The van der Waals surface area contributed by atoms with Gasteiger partial charge in [0.1, 0.15) is 0 Å². The van der Waals surface area contributed by atoms with E-state index in [1.54, 1.807) is 12.3 Å². The molecule has 1 aromatic carbocycles. The Hall–Kier alpha value is -1.25. The number of rotatable bonds is 3. The first-order valence-corrected chi connectivity index (χ1v) is 6.45. The predicted octanol–water partition coefficient (Wildman–Crippen LogP) is 4.87. The van der Waals surface area contributed by atoms with E-state index in [9.17, 15) is 0 Å². The van der Waals surface area contributed by atoms with Crippen LogP contribution in [0.3, 0.4) is 0 Å². The lowest BCUT2D eigenvalue weighted by atomic mass is 10.1. The number of nitrogens with zero attached hydrogens (tertiary/aromatic N) is 1. The van der Waals surface area contributed by atoms with Crippen molar-refractivity contribution in [3.63, 3.8) is 0 Å². The van der Waals surface area contributed by atoms with E-state index in [0.717, 1.165) is 16.8 Å². The van der Waals surface area contributed by atoms with E-state index >= 15 is 0 Å². The molecule has 0 spiro atoms. The van der Waals surface area contributed by atoms with Crippen LogP contribution in [0, 0.1) is 6.92 Å². The molecule has 0 aliphatic heterocycles. The molecule has 4 heteroatoms. The average Bonchev–Trinajstić information content (AvgIpc) is 2.35. The van der Waals surface area contributed by atoms with Gasteiger partial charge in [-0.2, -0.15) is 0 Å². The first-order chi connectivity index (χ1) is 8.58. The van der Waals surface area contributed by atoms with E-state index < -0.39 is 0 Å². The van der Waals surface area contributed by atoms with Crippen molar-refractivity contribution in [1.29, 1.82) is 0 Å². The highest BCUT2D eigenvalue weighted by molar-refractivity contribution is 6.33. The van der Waals surface area contributed by atoms with Gasteiger partial charge >= 0.3 is 0 Å². The molecule has 2 nitrogen and oxygen atoms in total. The number of nitrogens with one attached hydrogen (secondary N) is 1. The van der Waals surface area contributed by atoms with Crippen molar-refractivity contribution in [1.82, 2.24) is 4.98 Å². The van der Waals surface area contributed by atoms with Gasteiger partial charge in [0.05, 0.1) is 17.9 Å². The Morgan fingerprint density at radius 3 is 2.72 bits per heavy atom. The Morgan fingerprint density at radius 1 is 1.22 bits per heavy atom. The van der Waals surface area contributed by atoms with Crippen molar-refractivity contribution in [2.75, 3.05) is 5.32 Å². The molecule has 2 rings (SSSR count). The maximum Gasteiger partial charge on any atom is 0.0561 e. The van der Waals surface area contributed by atoms with E-state index in [1.165, 1.54) is 0 Å². The van der Waals surface area contributed by atoms with Crippen LogP contribution >= 0.6 is 23.2 Å².